The highest BCUT2D eigenvalue weighted by Crippen LogP contribution is 2.32. The predicted octanol–water partition coefficient (Wildman–Crippen LogP) is 4.48. The summed E-state index contributed by atoms with van der Waals surface area (Å²) in [5.74, 6) is 0. The Hall–Kier alpha value is -3.45. The van der Waals surface area contributed by atoms with Crippen LogP contribution in [0, 0.1) is 25.2 Å². The van der Waals surface area contributed by atoms with Gasteiger partial charge in [-0.15, -0.1) is 4.68 Å². The van der Waals surface area contributed by atoms with Gasteiger partial charge in [0.2, 0.25) is 11.4 Å². The lowest BCUT2D eigenvalue weighted by molar-refractivity contribution is -0.743. The van der Waals surface area contributed by atoms with Crippen molar-refractivity contribution in [2.24, 2.45) is 7.05 Å². The van der Waals surface area contributed by atoms with Crippen molar-refractivity contribution in [3.8, 4) is 23.0 Å². The molecule has 4 nitrogen and oxygen atoms in total. The van der Waals surface area contributed by atoms with Crippen LogP contribution >= 0.6 is 0 Å². The van der Waals surface area contributed by atoms with Gasteiger partial charge in [0.15, 0.2) is 18.9 Å². The molecule has 4 heteroatoms. The smallest absolute Gasteiger partial charge is 0.192 e. The predicted molar refractivity (Wildman–Crippen MR) is 115 cm³/mol. The molecule has 144 valence electrons. The summed E-state index contributed by atoms with van der Waals surface area (Å²) in [6, 6.07) is 21.3. The molecule has 0 fully saturated rings. The van der Waals surface area contributed by atoms with Gasteiger partial charge in [0.1, 0.15) is 5.52 Å². The maximum Gasteiger partial charge on any atom is 0.246 e. The molecule has 0 saturated heterocycles. The molecule has 0 aliphatic heterocycles. The van der Waals surface area contributed by atoms with Crippen molar-refractivity contribution in [2.45, 2.75) is 33.7 Å². The van der Waals surface area contributed by atoms with Crippen LogP contribution in [0.1, 0.15) is 36.7 Å². The molecule has 0 saturated carbocycles. The molecule has 2 aromatic carbocycles. The van der Waals surface area contributed by atoms with E-state index in [2.05, 4.69) is 91.3 Å². The summed E-state index contributed by atoms with van der Waals surface area (Å²) in [4.78, 5) is 0. The van der Waals surface area contributed by atoms with Crippen molar-refractivity contribution < 1.29 is 9.25 Å². The number of nitriles is 1. The van der Waals surface area contributed by atoms with Crippen molar-refractivity contribution in [2.75, 3.05) is 0 Å². The number of hydrogen-bond acceptors (Lipinski definition) is 1. The third kappa shape index (κ3) is 3.00. The Morgan fingerprint density at radius 1 is 1.00 bits per heavy atom. The first kappa shape index (κ1) is 18.9. The van der Waals surface area contributed by atoms with E-state index < -0.39 is 0 Å². The maximum atomic E-state index is 9.75. The molecule has 0 N–H and O–H groups in total. The Balaban J connectivity index is 2.11. The molecule has 0 radical (unpaired) electrons. The topological polar surface area (TPSA) is 36.5 Å². The third-order valence-corrected chi connectivity index (χ3v) is 5.63. The van der Waals surface area contributed by atoms with E-state index >= 15 is 0 Å². The number of para-hydroxylation sites is 1. The number of pyridine rings is 1. The average Bonchev–Trinajstić information content (AvgIpc) is 3.01. The fraction of sp³-hybridized carbons (Fsp3) is 0.240. The van der Waals surface area contributed by atoms with Crippen LogP contribution in [0.15, 0.2) is 60.8 Å². The summed E-state index contributed by atoms with van der Waals surface area (Å²) < 4.78 is 6.69. The van der Waals surface area contributed by atoms with Gasteiger partial charge in [0.25, 0.3) is 0 Å². The van der Waals surface area contributed by atoms with Gasteiger partial charge in [-0.1, -0.05) is 18.2 Å². The lowest BCUT2D eigenvalue weighted by atomic mass is 9.98. The summed E-state index contributed by atoms with van der Waals surface area (Å²) in [6.45, 7) is 8.63. The van der Waals surface area contributed by atoms with Crippen LogP contribution in [0.5, 0.6) is 0 Å². The Labute approximate surface area is 171 Å². The second-order valence-electron chi connectivity index (χ2n) is 7.82. The van der Waals surface area contributed by atoms with E-state index in [4.69, 9.17) is 0 Å². The van der Waals surface area contributed by atoms with Crippen LogP contribution in [0.3, 0.4) is 0 Å². The zero-order valence-electron chi connectivity index (χ0n) is 17.6. The molecule has 4 rings (SSSR count). The van der Waals surface area contributed by atoms with E-state index in [1.165, 1.54) is 10.9 Å². The molecular weight excluding hydrogens is 356 g/mol. The quantitative estimate of drug-likeness (QED) is 0.481. The van der Waals surface area contributed by atoms with Gasteiger partial charge in [-0.05, 0) is 39.0 Å². The van der Waals surface area contributed by atoms with Crippen molar-refractivity contribution in [1.29, 1.82) is 5.26 Å². The van der Waals surface area contributed by atoms with E-state index in [-0.39, 0.29) is 0 Å². The fourth-order valence-corrected chi connectivity index (χ4v) is 4.32. The van der Waals surface area contributed by atoms with E-state index in [1.807, 2.05) is 24.3 Å². The van der Waals surface area contributed by atoms with Gasteiger partial charge in [0.05, 0.1) is 28.6 Å². The minimum atomic E-state index is 0.323. The van der Waals surface area contributed by atoms with Gasteiger partial charge in [-0.3, -0.25) is 0 Å². The number of fused-ring (bicyclic) bond motifs is 1. The Morgan fingerprint density at radius 2 is 1.72 bits per heavy atom. The first-order valence-electron chi connectivity index (χ1n) is 9.96. The van der Waals surface area contributed by atoms with E-state index in [1.54, 1.807) is 0 Å². The Morgan fingerprint density at radius 3 is 2.41 bits per heavy atom. The summed E-state index contributed by atoms with van der Waals surface area (Å²) in [7, 11) is 2.11. The largest absolute Gasteiger partial charge is 0.246 e. The number of hydrogen-bond donors (Lipinski definition) is 0. The van der Waals surface area contributed by atoms with Gasteiger partial charge >= 0.3 is 0 Å². The molecule has 0 bridgehead atoms. The number of aryl methyl sites for hydroxylation is 1. The number of rotatable bonds is 3. The van der Waals surface area contributed by atoms with Crippen molar-refractivity contribution in [3.05, 3.63) is 77.6 Å². The van der Waals surface area contributed by atoms with E-state index in [0.29, 0.717) is 11.6 Å². The summed E-state index contributed by atoms with van der Waals surface area (Å²) in [6.07, 6.45) is 2.06. The van der Waals surface area contributed by atoms with Gasteiger partial charge < -0.3 is 0 Å². The number of benzene rings is 2. The molecule has 29 heavy (non-hydrogen) atoms. The SMILES string of the molecule is Cc1c(-c2c3ccccc3n(C(C)C)[n+]2C)cc(C#N)cc1-[n+]1ccccc1C. The first-order chi connectivity index (χ1) is 13.9. The monoisotopic (exact) mass is 382 g/mol. The van der Waals surface area contributed by atoms with Gasteiger partial charge in [-0.2, -0.15) is 14.5 Å². The van der Waals surface area contributed by atoms with Crippen LogP contribution < -0.4 is 9.25 Å². The number of nitrogens with zero attached hydrogens (tertiary/aromatic N) is 4. The minimum absolute atomic E-state index is 0.323. The molecule has 0 aliphatic rings. The first-order valence-corrected chi connectivity index (χ1v) is 9.96. The molecule has 4 aromatic rings. The minimum Gasteiger partial charge on any atom is -0.192 e. The van der Waals surface area contributed by atoms with Gasteiger partial charge in [0, 0.05) is 30.7 Å². The zero-order chi connectivity index (χ0) is 20.7. The van der Waals surface area contributed by atoms with Crippen LogP contribution in [0.2, 0.25) is 0 Å². The highest BCUT2D eigenvalue weighted by Gasteiger charge is 2.29. The van der Waals surface area contributed by atoms with Crippen molar-refractivity contribution in [1.82, 2.24) is 4.68 Å². The highest BCUT2D eigenvalue weighted by atomic mass is 15.4. The lowest BCUT2D eigenvalue weighted by Crippen LogP contribution is -2.41. The van der Waals surface area contributed by atoms with E-state index in [9.17, 15) is 5.26 Å². The van der Waals surface area contributed by atoms with Crippen molar-refractivity contribution in [3.63, 3.8) is 0 Å². The van der Waals surface area contributed by atoms with Gasteiger partial charge in [-0.25, -0.2) is 0 Å². The van der Waals surface area contributed by atoms with Crippen LogP contribution in [0.4, 0.5) is 0 Å². The molecular formula is C25H26N4+2. The second-order valence-corrected chi connectivity index (χ2v) is 7.82. The third-order valence-electron chi connectivity index (χ3n) is 5.63. The molecule has 2 aromatic heterocycles. The highest BCUT2D eigenvalue weighted by molar-refractivity contribution is 5.92. The number of aromatic nitrogens is 3. The molecule has 0 unspecified atom stereocenters. The molecule has 0 amide bonds. The molecule has 0 aliphatic carbocycles. The summed E-state index contributed by atoms with van der Waals surface area (Å²) in [5.41, 5.74) is 7.42. The standard InChI is InChI=1S/C25H26N4/c1-17(2)29-23-12-7-6-11-21(23)25(27(29)5)22-14-20(16-26)15-24(19(22)4)28-13-9-8-10-18(28)3/h6-15,17H,1-5H3/q+2. The van der Waals surface area contributed by atoms with Crippen LogP contribution in [0.25, 0.3) is 27.8 Å². The lowest BCUT2D eigenvalue weighted by Gasteiger charge is -2.09. The normalized spacial score (nSPS) is 11.2. The van der Waals surface area contributed by atoms with Crippen LogP contribution in [-0.4, -0.2) is 4.68 Å². The van der Waals surface area contributed by atoms with Crippen LogP contribution in [-0.2, 0) is 7.05 Å². The zero-order valence-corrected chi connectivity index (χ0v) is 17.6. The Kier molecular flexibility index (Phi) is 4.68. The molecule has 0 spiro atoms. The average molecular weight is 383 g/mol. The van der Waals surface area contributed by atoms with Crippen molar-refractivity contribution >= 4 is 10.9 Å². The summed E-state index contributed by atoms with van der Waals surface area (Å²) in [5, 5.41) is 10.9. The fourth-order valence-electron chi connectivity index (χ4n) is 4.32. The second kappa shape index (κ2) is 7.18. The Bertz CT molecular complexity index is 1270. The molecule has 0 atom stereocenters. The maximum absolute atomic E-state index is 9.75. The summed E-state index contributed by atoms with van der Waals surface area (Å²) >= 11 is 0. The molecule has 2 heterocycles. The van der Waals surface area contributed by atoms with E-state index in [0.717, 1.165) is 28.2 Å².